The van der Waals surface area contributed by atoms with Crippen LogP contribution in [0.1, 0.15) is 38.8 Å². The zero-order valence-electron chi connectivity index (χ0n) is 28.3. The summed E-state index contributed by atoms with van der Waals surface area (Å²) < 4.78 is 292. The molecular formula is C30H30F20O3Sn2. The summed E-state index contributed by atoms with van der Waals surface area (Å²) in [5.41, 5.74) is -1.86. The molecule has 4 unspecified atom stereocenters. The topological polar surface area (TPSA) is 27.7 Å². The summed E-state index contributed by atoms with van der Waals surface area (Å²) in [6, 6.07) is 7.77. The molecule has 0 heterocycles. The van der Waals surface area contributed by atoms with Gasteiger partial charge in [0.25, 0.3) is 0 Å². The van der Waals surface area contributed by atoms with Crippen molar-refractivity contribution in [3.8, 4) is 0 Å². The zero-order valence-corrected chi connectivity index (χ0v) is 34.0. The predicted octanol–water partition coefficient (Wildman–Crippen LogP) is 11.0. The first-order chi connectivity index (χ1) is 24.6. The van der Waals surface area contributed by atoms with Crippen LogP contribution in [0, 0.1) is 0 Å². The number of alkyl halides is 20. The van der Waals surface area contributed by atoms with E-state index in [2.05, 4.69) is 7.56 Å². The molecule has 0 aromatic heterocycles. The molecule has 2 rings (SSSR count). The van der Waals surface area contributed by atoms with E-state index in [9.17, 15) is 17.6 Å². The quantitative estimate of drug-likeness (QED) is 0.0977. The zero-order chi connectivity index (χ0) is 43.1. The van der Waals surface area contributed by atoms with Crippen molar-refractivity contribution in [1.82, 2.24) is 0 Å². The third kappa shape index (κ3) is 8.11. The van der Waals surface area contributed by atoms with Gasteiger partial charge in [-0.2, -0.15) is 0 Å². The molecule has 0 aliphatic carbocycles. The fraction of sp³-hybridized carbons (Fsp3) is 0.600. The van der Waals surface area contributed by atoms with Crippen LogP contribution >= 0.6 is 0 Å². The molecule has 316 valence electrons. The summed E-state index contributed by atoms with van der Waals surface area (Å²) in [7, 11) is 0. The molecule has 55 heavy (non-hydrogen) atoms. The van der Waals surface area contributed by atoms with E-state index in [1.165, 1.54) is 0 Å². The Morgan fingerprint density at radius 1 is 0.400 bits per heavy atom. The van der Waals surface area contributed by atoms with Gasteiger partial charge in [-0.1, -0.05) is 0 Å². The maximum absolute atomic E-state index is 16.4. The Morgan fingerprint density at radius 2 is 0.600 bits per heavy atom. The Kier molecular flexibility index (Phi) is 15.0. The Balaban J connectivity index is 3.53. The maximum atomic E-state index is 16.4. The van der Waals surface area contributed by atoms with E-state index in [1.54, 1.807) is 0 Å². The Morgan fingerprint density at radius 3 is 0.782 bits per heavy atom. The van der Waals surface area contributed by atoms with Crippen LogP contribution in [0.5, 0.6) is 0 Å². The van der Waals surface area contributed by atoms with Crippen LogP contribution in [0.4, 0.5) is 87.8 Å². The second-order valence-corrected chi connectivity index (χ2v) is 32.5. The molecule has 4 atom stereocenters. The van der Waals surface area contributed by atoms with E-state index in [-0.39, 0.29) is 0 Å². The molecule has 0 radical (unpaired) electrons. The van der Waals surface area contributed by atoms with E-state index >= 15 is 70.2 Å². The van der Waals surface area contributed by atoms with Crippen molar-refractivity contribution in [2.45, 2.75) is 105 Å². The van der Waals surface area contributed by atoms with Crippen LogP contribution < -0.4 is 0 Å². The van der Waals surface area contributed by atoms with Gasteiger partial charge in [0.1, 0.15) is 0 Å². The molecule has 2 aromatic carbocycles. The van der Waals surface area contributed by atoms with Crippen LogP contribution in [0.15, 0.2) is 60.7 Å². The normalized spacial score (nSPS) is 18.9. The summed E-state index contributed by atoms with van der Waals surface area (Å²) in [6.45, 7) is -7.20. The summed E-state index contributed by atoms with van der Waals surface area (Å²) in [5, 5.41) is 0. The third-order valence-electron chi connectivity index (χ3n) is 8.18. The average molecular weight is 1060 g/mol. The second-order valence-electron chi connectivity index (χ2n) is 12.1. The van der Waals surface area contributed by atoms with Gasteiger partial charge in [-0.05, 0) is 0 Å². The molecule has 0 amide bonds. The van der Waals surface area contributed by atoms with E-state index in [4.69, 9.17) is 0 Å². The average Bonchev–Trinajstić information content (AvgIpc) is 3.07. The van der Waals surface area contributed by atoms with Crippen molar-refractivity contribution in [2.75, 3.05) is 0 Å². The molecule has 25 heteroatoms. The van der Waals surface area contributed by atoms with Crippen LogP contribution in [0.2, 0.25) is 0 Å². The molecule has 3 nitrogen and oxygen atoms in total. The fourth-order valence-corrected chi connectivity index (χ4v) is 41.2. The molecule has 0 saturated carbocycles. The van der Waals surface area contributed by atoms with Gasteiger partial charge in [-0.3, -0.25) is 0 Å². The van der Waals surface area contributed by atoms with Crippen molar-refractivity contribution in [2.24, 2.45) is 0 Å². The molecule has 0 aliphatic heterocycles. The van der Waals surface area contributed by atoms with E-state index in [1.807, 2.05) is 0 Å². The Hall–Kier alpha value is -1.48. The molecular weight excluding hydrogens is 1030 g/mol. The van der Waals surface area contributed by atoms with Crippen molar-refractivity contribution in [3.05, 3.63) is 71.8 Å². The van der Waals surface area contributed by atoms with Gasteiger partial charge in [0.2, 0.25) is 0 Å². The van der Waals surface area contributed by atoms with Crippen molar-refractivity contribution in [3.63, 3.8) is 0 Å². The van der Waals surface area contributed by atoms with Crippen LogP contribution in [0.3, 0.4) is 0 Å². The van der Waals surface area contributed by atoms with Crippen molar-refractivity contribution >= 4 is 38.4 Å². The summed E-state index contributed by atoms with van der Waals surface area (Å²) >= 11 is -22.7. The minimum absolute atomic E-state index is 0.586. The van der Waals surface area contributed by atoms with E-state index in [0.29, 0.717) is 24.3 Å². The fourth-order valence-electron chi connectivity index (χ4n) is 4.67. The molecule has 0 aliphatic rings. The Labute approximate surface area is 309 Å². The molecule has 0 fully saturated rings. The number of rotatable bonds is 20. The Bertz CT molecular complexity index is 1370. The first-order valence-electron chi connectivity index (χ1n) is 15.3. The van der Waals surface area contributed by atoms with Gasteiger partial charge in [0.15, 0.2) is 0 Å². The molecule has 0 N–H and O–H groups in total. The summed E-state index contributed by atoms with van der Waals surface area (Å²) in [6.07, 6.45) is -18.6. The van der Waals surface area contributed by atoms with Crippen molar-refractivity contribution < 1.29 is 95.4 Å². The molecule has 0 bridgehead atoms. The number of hydrogen-bond donors (Lipinski definition) is 0. The van der Waals surface area contributed by atoms with E-state index in [0.717, 1.165) is 36.4 Å². The number of benzene rings is 2. The third-order valence-corrected chi connectivity index (χ3v) is 37.2. The van der Waals surface area contributed by atoms with Gasteiger partial charge in [-0.25, -0.2) is 0 Å². The predicted molar refractivity (Wildman–Crippen MR) is 157 cm³/mol. The van der Waals surface area contributed by atoms with Crippen LogP contribution in [-0.4, -0.2) is 103 Å². The standard InChI is InChI=1S/2C7H7O.4C4H4F5.O.2Sn/c2*8-6-7-4-2-1-3-5-7;4*1-2(5)4(8,9)3(6)7;;;/h2*1-5H,6H2;4*2H,1H3;;;/q2*-1;;;;;;2*+1. The van der Waals surface area contributed by atoms with Gasteiger partial charge < -0.3 is 0 Å². The van der Waals surface area contributed by atoms with Gasteiger partial charge in [0.05, 0.1) is 0 Å². The monoisotopic (exact) mass is 1060 g/mol. The first kappa shape index (κ1) is 49.7. The van der Waals surface area contributed by atoms with Gasteiger partial charge >= 0.3 is 311 Å². The van der Waals surface area contributed by atoms with Gasteiger partial charge in [-0.15, -0.1) is 0 Å². The van der Waals surface area contributed by atoms with Crippen LogP contribution in [0.25, 0.3) is 0 Å². The number of halogens is 20. The van der Waals surface area contributed by atoms with Crippen molar-refractivity contribution in [1.29, 1.82) is 0 Å². The number of hydrogen-bond acceptors (Lipinski definition) is 3. The van der Waals surface area contributed by atoms with Crippen LogP contribution in [-0.2, 0) is 20.8 Å². The van der Waals surface area contributed by atoms with E-state index < -0.39 is 155 Å². The summed E-state index contributed by atoms with van der Waals surface area (Å²) in [5.74, 6) is -28.3. The first-order valence-corrected chi connectivity index (χ1v) is 25.7. The molecule has 2 aromatic rings. The summed E-state index contributed by atoms with van der Waals surface area (Å²) in [4.78, 5) is 0. The molecule has 0 saturated heterocycles. The van der Waals surface area contributed by atoms with Gasteiger partial charge in [0, 0.05) is 0 Å². The SMILES string of the molecule is CC(F)C(F)(F)[C](F)(F)[Sn]([O]Cc1ccccc1)([O][Sn]([O]Cc1ccccc1)([C](F)(F)C(F)(F)C(C)F)[C](F)(F)C(F)(F)C(C)F)[C](F)(F)C(F)(F)C(C)F. The molecule has 0 spiro atoms. The minimum atomic E-state index is -11.4. The second kappa shape index (κ2) is 16.6.